The Hall–Kier alpha value is -1.60. The summed E-state index contributed by atoms with van der Waals surface area (Å²) in [5, 5.41) is 2.84. The molecule has 1 aromatic carbocycles. The summed E-state index contributed by atoms with van der Waals surface area (Å²) in [6.45, 7) is 1.20. The first kappa shape index (κ1) is 16.8. The molecule has 1 atom stereocenters. The van der Waals surface area contributed by atoms with Crippen molar-refractivity contribution in [1.29, 1.82) is 0 Å². The number of hydrogen-bond donors (Lipinski definition) is 1. The van der Waals surface area contributed by atoms with Crippen LogP contribution in [-0.4, -0.2) is 69.0 Å². The Kier molecular flexibility index (Phi) is 5.42. The van der Waals surface area contributed by atoms with Gasteiger partial charge in [-0.15, -0.1) is 0 Å². The van der Waals surface area contributed by atoms with Gasteiger partial charge in [0.1, 0.15) is 0 Å². The molecule has 0 saturated carbocycles. The lowest BCUT2D eigenvalue weighted by Gasteiger charge is -2.29. The van der Waals surface area contributed by atoms with Gasteiger partial charge in [-0.1, -0.05) is 18.2 Å². The zero-order valence-corrected chi connectivity index (χ0v) is 13.8. The Morgan fingerprint density at radius 2 is 1.91 bits per heavy atom. The standard InChI is InChI=1S/C15H23N3O3S/c1-17(2)9-10-18(14-8-11-22(20,21)12-14)15(19)16-13-6-4-3-5-7-13/h3-7,14H,8-12H2,1-2H3,(H,16,19). The molecule has 0 aromatic heterocycles. The topological polar surface area (TPSA) is 69.7 Å². The number of nitrogens with one attached hydrogen (secondary N) is 1. The Balaban J connectivity index is 2.08. The third kappa shape index (κ3) is 4.71. The number of nitrogens with zero attached hydrogens (tertiary/aromatic N) is 2. The van der Waals surface area contributed by atoms with Gasteiger partial charge in [0.25, 0.3) is 0 Å². The second-order valence-electron chi connectivity index (χ2n) is 5.85. The van der Waals surface area contributed by atoms with Crippen molar-refractivity contribution in [3.63, 3.8) is 0 Å². The number of amides is 2. The summed E-state index contributed by atoms with van der Waals surface area (Å²) in [4.78, 5) is 16.2. The average Bonchev–Trinajstić information content (AvgIpc) is 2.80. The number of rotatable bonds is 5. The highest BCUT2D eigenvalue weighted by Gasteiger charge is 2.34. The van der Waals surface area contributed by atoms with E-state index in [0.717, 1.165) is 0 Å². The van der Waals surface area contributed by atoms with Gasteiger partial charge in [-0.2, -0.15) is 0 Å². The molecule has 2 rings (SSSR count). The molecule has 0 spiro atoms. The van der Waals surface area contributed by atoms with Gasteiger partial charge in [-0.3, -0.25) is 0 Å². The quantitative estimate of drug-likeness (QED) is 0.885. The highest BCUT2D eigenvalue weighted by Crippen LogP contribution is 2.19. The summed E-state index contributed by atoms with van der Waals surface area (Å²) < 4.78 is 23.4. The summed E-state index contributed by atoms with van der Waals surface area (Å²) >= 11 is 0. The number of sulfone groups is 1. The van der Waals surface area contributed by atoms with Crippen molar-refractivity contribution in [3.8, 4) is 0 Å². The first-order valence-corrected chi connectivity index (χ1v) is 9.17. The van der Waals surface area contributed by atoms with Gasteiger partial charge < -0.3 is 15.1 Å². The van der Waals surface area contributed by atoms with E-state index in [1.807, 2.05) is 49.3 Å². The molecule has 1 unspecified atom stereocenters. The first-order chi connectivity index (χ1) is 10.4. The Bertz CT molecular complexity index is 602. The van der Waals surface area contributed by atoms with E-state index >= 15 is 0 Å². The number of anilines is 1. The second kappa shape index (κ2) is 7.11. The highest BCUT2D eigenvalue weighted by atomic mass is 32.2. The number of benzene rings is 1. The van der Waals surface area contributed by atoms with Crippen molar-refractivity contribution in [2.24, 2.45) is 0 Å². The monoisotopic (exact) mass is 325 g/mol. The van der Waals surface area contributed by atoms with E-state index in [9.17, 15) is 13.2 Å². The third-order valence-corrected chi connectivity index (χ3v) is 5.47. The van der Waals surface area contributed by atoms with Crippen molar-refractivity contribution in [1.82, 2.24) is 9.80 Å². The van der Waals surface area contributed by atoms with E-state index < -0.39 is 9.84 Å². The molecule has 122 valence electrons. The molecule has 1 fully saturated rings. The van der Waals surface area contributed by atoms with Crippen LogP contribution < -0.4 is 5.32 Å². The molecule has 2 amide bonds. The Morgan fingerprint density at radius 1 is 1.23 bits per heavy atom. The maximum absolute atomic E-state index is 12.5. The predicted octanol–water partition coefficient (Wildman–Crippen LogP) is 1.27. The van der Waals surface area contributed by atoms with E-state index in [1.165, 1.54) is 0 Å². The Morgan fingerprint density at radius 3 is 2.45 bits per heavy atom. The maximum Gasteiger partial charge on any atom is 0.322 e. The molecule has 7 heteroatoms. The fourth-order valence-corrected chi connectivity index (χ4v) is 4.23. The van der Waals surface area contributed by atoms with E-state index in [0.29, 0.717) is 25.2 Å². The van der Waals surface area contributed by atoms with Gasteiger partial charge in [-0.25, -0.2) is 13.2 Å². The van der Waals surface area contributed by atoms with Crippen LogP contribution in [0.3, 0.4) is 0 Å². The van der Waals surface area contributed by atoms with E-state index in [-0.39, 0.29) is 23.6 Å². The molecule has 1 aromatic rings. The fourth-order valence-electron chi connectivity index (χ4n) is 2.50. The summed E-state index contributed by atoms with van der Waals surface area (Å²) in [5.41, 5.74) is 0.711. The van der Waals surface area contributed by atoms with E-state index in [4.69, 9.17) is 0 Å². The first-order valence-electron chi connectivity index (χ1n) is 7.35. The average molecular weight is 325 g/mol. The summed E-state index contributed by atoms with van der Waals surface area (Å²) in [5.74, 6) is 0.220. The van der Waals surface area contributed by atoms with Crippen molar-refractivity contribution in [3.05, 3.63) is 30.3 Å². The van der Waals surface area contributed by atoms with Crippen LogP contribution >= 0.6 is 0 Å². The molecule has 1 N–H and O–H groups in total. The van der Waals surface area contributed by atoms with Crippen molar-refractivity contribution in [2.45, 2.75) is 12.5 Å². The Labute approximate surface area is 132 Å². The van der Waals surface area contributed by atoms with Crippen molar-refractivity contribution < 1.29 is 13.2 Å². The molecular formula is C15H23N3O3S. The third-order valence-electron chi connectivity index (χ3n) is 3.72. The minimum atomic E-state index is -3.02. The second-order valence-corrected chi connectivity index (χ2v) is 8.08. The van der Waals surface area contributed by atoms with Gasteiger partial charge >= 0.3 is 6.03 Å². The molecule has 1 aliphatic heterocycles. The van der Waals surface area contributed by atoms with Gasteiger partial charge in [-0.05, 0) is 32.6 Å². The van der Waals surface area contributed by atoms with Crippen molar-refractivity contribution >= 4 is 21.6 Å². The van der Waals surface area contributed by atoms with Crippen LogP contribution in [-0.2, 0) is 9.84 Å². The molecule has 6 nitrogen and oxygen atoms in total. The number of para-hydroxylation sites is 1. The van der Waals surface area contributed by atoms with Gasteiger partial charge in [0.15, 0.2) is 9.84 Å². The SMILES string of the molecule is CN(C)CCN(C(=O)Nc1ccccc1)C1CCS(=O)(=O)C1. The largest absolute Gasteiger partial charge is 0.322 e. The maximum atomic E-state index is 12.5. The van der Waals surface area contributed by atoms with E-state index in [2.05, 4.69) is 5.32 Å². The molecule has 22 heavy (non-hydrogen) atoms. The molecule has 0 aliphatic carbocycles. The normalized spacial score (nSPS) is 20.0. The molecular weight excluding hydrogens is 302 g/mol. The number of urea groups is 1. The van der Waals surface area contributed by atoms with Crippen LogP contribution in [0.15, 0.2) is 30.3 Å². The molecule has 1 saturated heterocycles. The minimum absolute atomic E-state index is 0.0582. The summed E-state index contributed by atoms with van der Waals surface area (Å²) in [7, 11) is 0.838. The molecule has 1 heterocycles. The number of carbonyl (C=O) groups is 1. The zero-order chi connectivity index (χ0) is 16.2. The predicted molar refractivity (Wildman–Crippen MR) is 87.8 cm³/mol. The minimum Gasteiger partial charge on any atom is -0.319 e. The fraction of sp³-hybridized carbons (Fsp3) is 0.533. The van der Waals surface area contributed by atoms with Crippen molar-refractivity contribution in [2.75, 3.05) is 44.0 Å². The smallest absolute Gasteiger partial charge is 0.319 e. The molecule has 1 aliphatic rings. The van der Waals surface area contributed by atoms with Crippen LogP contribution in [0, 0.1) is 0 Å². The highest BCUT2D eigenvalue weighted by molar-refractivity contribution is 7.91. The van der Waals surface area contributed by atoms with Gasteiger partial charge in [0, 0.05) is 24.8 Å². The molecule has 0 bridgehead atoms. The number of likely N-dealkylation sites (N-methyl/N-ethyl adjacent to an activating group) is 1. The lowest BCUT2D eigenvalue weighted by Crippen LogP contribution is -2.46. The van der Waals surface area contributed by atoms with Crippen LogP contribution in [0.1, 0.15) is 6.42 Å². The molecule has 0 radical (unpaired) electrons. The zero-order valence-electron chi connectivity index (χ0n) is 13.0. The van der Waals surface area contributed by atoms with Gasteiger partial charge in [0.2, 0.25) is 0 Å². The lowest BCUT2D eigenvalue weighted by atomic mass is 10.2. The summed E-state index contributed by atoms with van der Waals surface area (Å²) in [6.07, 6.45) is 0.512. The number of carbonyl (C=O) groups excluding carboxylic acids is 1. The van der Waals surface area contributed by atoms with Crippen LogP contribution in [0.2, 0.25) is 0 Å². The summed E-state index contributed by atoms with van der Waals surface area (Å²) in [6, 6.07) is 8.72. The lowest BCUT2D eigenvalue weighted by molar-refractivity contribution is 0.186. The van der Waals surface area contributed by atoms with Gasteiger partial charge in [0.05, 0.1) is 11.5 Å². The van der Waals surface area contributed by atoms with Crippen LogP contribution in [0.5, 0.6) is 0 Å². The van der Waals surface area contributed by atoms with Crippen LogP contribution in [0.25, 0.3) is 0 Å². The van der Waals surface area contributed by atoms with E-state index in [1.54, 1.807) is 4.90 Å². The van der Waals surface area contributed by atoms with Crippen LogP contribution in [0.4, 0.5) is 10.5 Å². The number of hydrogen-bond acceptors (Lipinski definition) is 4.